The van der Waals surface area contributed by atoms with Crippen molar-refractivity contribution in [2.24, 2.45) is 0 Å². The molecule has 5 heteroatoms. The predicted molar refractivity (Wildman–Crippen MR) is 97.7 cm³/mol. The Labute approximate surface area is 142 Å². The third kappa shape index (κ3) is 4.73. The highest BCUT2D eigenvalue weighted by atomic mass is 32.2. The zero-order valence-corrected chi connectivity index (χ0v) is 14.6. The van der Waals surface area contributed by atoms with Crippen molar-refractivity contribution in [3.63, 3.8) is 0 Å². The molecule has 0 aliphatic rings. The van der Waals surface area contributed by atoms with Gasteiger partial charge in [0.25, 0.3) is 0 Å². The van der Waals surface area contributed by atoms with Crippen molar-refractivity contribution in [1.82, 2.24) is 9.88 Å². The lowest BCUT2D eigenvalue weighted by molar-refractivity contribution is 0.197. The van der Waals surface area contributed by atoms with E-state index in [2.05, 4.69) is 22.6 Å². The van der Waals surface area contributed by atoms with Crippen LogP contribution in [0.3, 0.4) is 0 Å². The molecule has 2 amide bonds. The van der Waals surface area contributed by atoms with Crippen LogP contribution in [0.15, 0.2) is 48.8 Å². The van der Waals surface area contributed by atoms with E-state index in [0.29, 0.717) is 6.54 Å². The molecule has 0 saturated carbocycles. The van der Waals surface area contributed by atoms with Crippen molar-refractivity contribution in [1.29, 1.82) is 0 Å². The van der Waals surface area contributed by atoms with Crippen LogP contribution in [0.4, 0.5) is 10.5 Å². The normalized spacial score (nSPS) is 11.8. The molecule has 1 heterocycles. The Bertz CT molecular complexity index is 633. The average molecular weight is 329 g/mol. The van der Waals surface area contributed by atoms with Gasteiger partial charge in [-0.2, -0.15) is 11.8 Å². The third-order valence-corrected chi connectivity index (χ3v) is 4.35. The number of carbonyl (C=O) groups excluding carboxylic acids is 1. The zero-order chi connectivity index (χ0) is 16.7. The number of aromatic nitrogens is 1. The predicted octanol–water partition coefficient (Wildman–Crippen LogP) is 4.56. The van der Waals surface area contributed by atoms with Gasteiger partial charge in [0.1, 0.15) is 0 Å². The van der Waals surface area contributed by atoms with Crippen LogP contribution in [0.25, 0.3) is 0 Å². The van der Waals surface area contributed by atoms with Gasteiger partial charge in [-0.1, -0.05) is 18.2 Å². The van der Waals surface area contributed by atoms with Crippen LogP contribution in [0.1, 0.15) is 31.0 Å². The van der Waals surface area contributed by atoms with E-state index in [-0.39, 0.29) is 12.1 Å². The molecule has 1 aromatic carbocycles. The topological polar surface area (TPSA) is 45.2 Å². The number of hydrogen-bond acceptors (Lipinski definition) is 3. The van der Waals surface area contributed by atoms with Gasteiger partial charge in [0.15, 0.2) is 0 Å². The first-order chi connectivity index (χ1) is 11.2. The molecule has 1 N–H and O–H groups in total. The molecule has 122 valence electrons. The van der Waals surface area contributed by atoms with Crippen LogP contribution in [0, 0.1) is 0 Å². The largest absolute Gasteiger partial charge is 0.322 e. The van der Waals surface area contributed by atoms with Gasteiger partial charge in [-0.25, -0.2) is 4.79 Å². The highest BCUT2D eigenvalue weighted by Gasteiger charge is 2.20. The number of carbonyl (C=O) groups is 1. The summed E-state index contributed by atoms with van der Waals surface area (Å²) in [5.41, 5.74) is 3.07. The number of amides is 2. The lowest BCUT2D eigenvalue weighted by Crippen LogP contribution is -2.36. The summed E-state index contributed by atoms with van der Waals surface area (Å²) in [5, 5.41) is 3.00. The summed E-state index contributed by atoms with van der Waals surface area (Å²) in [6, 6.07) is 11.8. The summed E-state index contributed by atoms with van der Waals surface area (Å²) in [6.45, 7) is 4.63. The Hall–Kier alpha value is -2.01. The standard InChI is InChI=1S/C18H23N3OS/c1-4-21(14(2)16-8-6-10-19-12-16)18(22)20-17-9-5-7-15(11-17)13-23-3/h5-12,14H,4,13H2,1-3H3,(H,20,22)/t14-/m1/s1. The van der Waals surface area contributed by atoms with Crippen LogP contribution >= 0.6 is 11.8 Å². The van der Waals surface area contributed by atoms with Crippen LogP contribution < -0.4 is 5.32 Å². The Kier molecular flexibility index (Phi) is 6.47. The van der Waals surface area contributed by atoms with E-state index in [0.717, 1.165) is 17.0 Å². The van der Waals surface area contributed by atoms with Gasteiger partial charge < -0.3 is 10.2 Å². The van der Waals surface area contributed by atoms with E-state index in [1.807, 2.05) is 44.2 Å². The molecule has 0 saturated heterocycles. The maximum absolute atomic E-state index is 12.6. The summed E-state index contributed by atoms with van der Waals surface area (Å²) in [6.07, 6.45) is 5.61. The molecule has 0 fully saturated rings. The molecule has 1 atom stereocenters. The molecule has 23 heavy (non-hydrogen) atoms. The monoisotopic (exact) mass is 329 g/mol. The number of pyridine rings is 1. The maximum atomic E-state index is 12.6. The van der Waals surface area contributed by atoms with Crippen molar-refractivity contribution in [2.45, 2.75) is 25.6 Å². The number of benzene rings is 1. The smallest absolute Gasteiger partial charge is 0.318 e. The first-order valence-corrected chi connectivity index (χ1v) is 9.10. The van der Waals surface area contributed by atoms with Crippen LogP contribution in [-0.4, -0.2) is 28.7 Å². The van der Waals surface area contributed by atoms with E-state index >= 15 is 0 Å². The van der Waals surface area contributed by atoms with Crippen molar-refractivity contribution < 1.29 is 4.79 Å². The molecular weight excluding hydrogens is 306 g/mol. The minimum atomic E-state index is -0.0924. The molecule has 4 nitrogen and oxygen atoms in total. The van der Waals surface area contributed by atoms with Gasteiger partial charge in [-0.3, -0.25) is 4.98 Å². The molecule has 2 rings (SSSR count). The van der Waals surface area contributed by atoms with Crippen molar-refractivity contribution in [2.75, 3.05) is 18.1 Å². The number of nitrogens with one attached hydrogen (secondary N) is 1. The molecule has 0 bridgehead atoms. The second-order valence-electron chi connectivity index (χ2n) is 5.31. The number of urea groups is 1. The molecule has 0 radical (unpaired) electrons. The minimum absolute atomic E-state index is 0.0249. The van der Waals surface area contributed by atoms with Gasteiger partial charge in [0.05, 0.1) is 6.04 Å². The number of rotatable bonds is 6. The lowest BCUT2D eigenvalue weighted by atomic mass is 10.1. The Morgan fingerprint density at radius 3 is 2.83 bits per heavy atom. The minimum Gasteiger partial charge on any atom is -0.318 e. The van der Waals surface area contributed by atoms with Gasteiger partial charge in [-0.05, 0) is 49.4 Å². The second kappa shape index (κ2) is 8.58. The van der Waals surface area contributed by atoms with Gasteiger partial charge >= 0.3 is 6.03 Å². The molecule has 0 aliphatic carbocycles. The van der Waals surface area contributed by atoms with Crippen LogP contribution in [-0.2, 0) is 5.75 Å². The fourth-order valence-electron chi connectivity index (χ4n) is 2.50. The number of hydrogen-bond donors (Lipinski definition) is 1. The summed E-state index contributed by atoms with van der Waals surface area (Å²) < 4.78 is 0. The maximum Gasteiger partial charge on any atom is 0.322 e. The van der Waals surface area contributed by atoms with Crippen molar-refractivity contribution >= 4 is 23.5 Å². The quantitative estimate of drug-likeness (QED) is 0.845. The summed E-state index contributed by atoms with van der Waals surface area (Å²) >= 11 is 1.77. The number of anilines is 1. The Morgan fingerprint density at radius 1 is 1.35 bits per heavy atom. The van der Waals surface area contributed by atoms with Gasteiger partial charge in [0.2, 0.25) is 0 Å². The van der Waals surface area contributed by atoms with Crippen molar-refractivity contribution in [3.05, 3.63) is 59.9 Å². The molecule has 0 spiro atoms. The van der Waals surface area contributed by atoms with E-state index in [9.17, 15) is 4.79 Å². The molecule has 2 aromatic rings. The third-order valence-electron chi connectivity index (χ3n) is 3.73. The molecule has 0 aliphatic heterocycles. The first-order valence-electron chi connectivity index (χ1n) is 7.71. The van der Waals surface area contributed by atoms with E-state index in [4.69, 9.17) is 0 Å². The number of thioether (sulfide) groups is 1. The summed E-state index contributed by atoms with van der Waals surface area (Å²) in [4.78, 5) is 18.6. The zero-order valence-electron chi connectivity index (χ0n) is 13.8. The first kappa shape index (κ1) is 17.3. The average Bonchev–Trinajstić information content (AvgIpc) is 2.57. The summed E-state index contributed by atoms with van der Waals surface area (Å²) in [7, 11) is 0. The van der Waals surface area contributed by atoms with Crippen LogP contribution in [0.5, 0.6) is 0 Å². The molecule has 1 aromatic heterocycles. The van der Waals surface area contributed by atoms with E-state index < -0.39 is 0 Å². The Balaban J connectivity index is 2.09. The lowest BCUT2D eigenvalue weighted by Gasteiger charge is -2.28. The molecule has 0 unspecified atom stereocenters. The molecular formula is C18H23N3OS. The highest BCUT2D eigenvalue weighted by molar-refractivity contribution is 7.97. The van der Waals surface area contributed by atoms with E-state index in [1.54, 1.807) is 29.1 Å². The summed E-state index contributed by atoms with van der Waals surface area (Å²) in [5.74, 6) is 0.938. The second-order valence-corrected chi connectivity index (χ2v) is 6.18. The Morgan fingerprint density at radius 2 is 2.17 bits per heavy atom. The van der Waals surface area contributed by atoms with Gasteiger partial charge in [-0.15, -0.1) is 0 Å². The van der Waals surface area contributed by atoms with Gasteiger partial charge in [0, 0.05) is 30.4 Å². The fraction of sp³-hybridized carbons (Fsp3) is 0.333. The van der Waals surface area contributed by atoms with Crippen molar-refractivity contribution in [3.8, 4) is 0 Å². The number of nitrogens with zero attached hydrogens (tertiary/aromatic N) is 2. The van der Waals surface area contributed by atoms with Crippen LogP contribution in [0.2, 0.25) is 0 Å². The SMILES string of the molecule is CCN(C(=O)Nc1cccc(CSC)c1)[C@H](C)c1cccnc1. The highest BCUT2D eigenvalue weighted by Crippen LogP contribution is 2.21. The fourth-order valence-corrected chi connectivity index (χ4v) is 3.01. The van der Waals surface area contributed by atoms with E-state index in [1.165, 1.54) is 5.56 Å².